The number of hydrogen-bond acceptors (Lipinski definition) is 5. The summed E-state index contributed by atoms with van der Waals surface area (Å²) in [5.74, 6) is 3.48. The van der Waals surface area contributed by atoms with Crippen LogP contribution in [0.1, 0.15) is 22.6 Å². The first-order valence-electron chi connectivity index (χ1n) is 9.67. The number of hydrogen-bond donors (Lipinski definition) is 0. The zero-order chi connectivity index (χ0) is 20.2. The van der Waals surface area contributed by atoms with Gasteiger partial charge in [-0.25, -0.2) is 4.98 Å². The predicted molar refractivity (Wildman–Crippen MR) is 115 cm³/mol. The van der Waals surface area contributed by atoms with Gasteiger partial charge in [0.25, 0.3) is 0 Å². The molecule has 0 unspecified atom stereocenters. The van der Waals surface area contributed by atoms with Gasteiger partial charge in [-0.2, -0.15) is 0 Å². The Labute approximate surface area is 175 Å². The molecule has 4 rings (SSSR count). The topological polar surface area (TPSA) is 55.6 Å². The molecule has 150 valence electrons. The van der Waals surface area contributed by atoms with Gasteiger partial charge in [0, 0.05) is 24.4 Å². The molecule has 0 saturated carbocycles. The molecule has 0 atom stereocenters. The molecular formula is C23H24N2O3S. The Morgan fingerprint density at radius 2 is 1.93 bits per heavy atom. The van der Waals surface area contributed by atoms with Crippen LogP contribution in [0, 0.1) is 6.92 Å². The number of thioether (sulfide) groups is 1. The first-order valence-corrected chi connectivity index (χ1v) is 10.8. The molecule has 1 aliphatic rings. The number of rotatable bonds is 6. The predicted octanol–water partition coefficient (Wildman–Crippen LogP) is 4.48. The summed E-state index contributed by atoms with van der Waals surface area (Å²) in [6, 6.07) is 16.0. The van der Waals surface area contributed by atoms with Crippen molar-refractivity contribution >= 4 is 17.7 Å². The van der Waals surface area contributed by atoms with Crippen molar-refractivity contribution in [3.63, 3.8) is 0 Å². The number of benzene rings is 2. The van der Waals surface area contributed by atoms with E-state index in [1.807, 2.05) is 42.2 Å². The maximum atomic E-state index is 12.6. The Balaban J connectivity index is 1.32. The van der Waals surface area contributed by atoms with Crippen molar-refractivity contribution in [2.45, 2.75) is 25.6 Å². The monoisotopic (exact) mass is 408 g/mol. The SMILES string of the molecule is COc1ccc(-c2nc(CSCC(=O)N3CCc4ccccc4C3)c(C)o2)cc1. The summed E-state index contributed by atoms with van der Waals surface area (Å²) < 4.78 is 11.0. The lowest BCUT2D eigenvalue weighted by atomic mass is 10.00. The third kappa shape index (κ3) is 4.48. The van der Waals surface area contributed by atoms with E-state index in [4.69, 9.17) is 9.15 Å². The van der Waals surface area contributed by atoms with E-state index in [2.05, 4.69) is 23.2 Å². The van der Waals surface area contributed by atoms with Crippen molar-refractivity contribution in [1.29, 1.82) is 0 Å². The summed E-state index contributed by atoms with van der Waals surface area (Å²) in [5.41, 5.74) is 4.41. The fourth-order valence-electron chi connectivity index (χ4n) is 3.45. The minimum Gasteiger partial charge on any atom is -0.497 e. The molecule has 0 aliphatic carbocycles. The molecule has 1 aliphatic heterocycles. The number of oxazole rings is 1. The normalized spacial score (nSPS) is 13.2. The van der Waals surface area contributed by atoms with Crippen molar-refractivity contribution in [2.75, 3.05) is 19.4 Å². The number of ether oxygens (including phenoxy) is 1. The molecule has 1 aromatic heterocycles. The molecule has 0 bridgehead atoms. The van der Waals surface area contributed by atoms with Gasteiger partial charge in [-0.15, -0.1) is 11.8 Å². The highest BCUT2D eigenvalue weighted by molar-refractivity contribution is 7.99. The third-order valence-electron chi connectivity index (χ3n) is 5.18. The number of amides is 1. The van der Waals surface area contributed by atoms with Crippen molar-refractivity contribution in [2.24, 2.45) is 0 Å². The molecule has 0 fully saturated rings. The zero-order valence-electron chi connectivity index (χ0n) is 16.7. The van der Waals surface area contributed by atoms with Gasteiger partial charge in [0.05, 0.1) is 18.6 Å². The highest BCUT2D eigenvalue weighted by Crippen LogP contribution is 2.26. The van der Waals surface area contributed by atoms with Crippen LogP contribution in [0.25, 0.3) is 11.5 Å². The highest BCUT2D eigenvalue weighted by atomic mass is 32.2. The Hall–Kier alpha value is -2.73. The fraction of sp³-hybridized carbons (Fsp3) is 0.304. The van der Waals surface area contributed by atoms with Crippen molar-refractivity contribution < 1.29 is 13.9 Å². The van der Waals surface area contributed by atoms with Crippen molar-refractivity contribution in [3.8, 4) is 17.2 Å². The summed E-state index contributed by atoms with van der Waals surface area (Å²) in [7, 11) is 1.64. The molecule has 5 nitrogen and oxygen atoms in total. The molecule has 0 spiro atoms. The van der Waals surface area contributed by atoms with Crippen LogP contribution >= 0.6 is 11.8 Å². The maximum absolute atomic E-state index is 12.6. The van der Waals surface area contributed by atoms with E-state index in [-0.39, 0.29) is 5.91 Å². The smallest absolute Gasteiger partial charge is 0.232 e. The summed E-state index contributed by atoms with van der Waals surface area (Å²) >= 11 is 1.58. The third-order valence-corrected chi connectivity index (χ3v) is 6.11. The molecule has 2 heterocycles. The van der Waals surface area contributed by atoms with E-state index in [0.29, 0.717) is 23.9 Å². The van der Waals surface area contributed by atoms with E-state index < -0.39 is 0 Å². The lowest BCUT2D eigenvalue weighted by Gasteiger charge is -2.28. The van der Waals surface area contributed by atoms with Gasteiger partial charge in [-0.05, 0) is 48.7 Å². The van der Waals surface area contributed by atoms with Gasteiger partial charge in [0.1, 0.15) is 11.5 Å². The van der Waals surface area contributed by atoms with E-state index in [1.54, 1.807) is 18.9 Å². The average molecular weight is 409 g/mol. The summed E-state index contributed by atoms with van der Waals surface area (Å²) in [5, 5.41) is 0. The average Bonchev–Trinajstić information content (AvgIpc) is 3.14. The number of fused-ring (bicyclic) bond motifs is 1. The van der Waals surface area contributed by atoms with Gasteiger partial charge in [0.15, 0.2) is 0 Å². The van der Waals surface area contributed by atoms with Crippen LogP contribution in [0.5, 0.6) is 5.75 Å². The van der Waals surface area contributed by atoms with Crippen LogP contribution in [0.2, 0.25) is 0 Å². The second-order valence-corrected chi connectivity index (χ2v) is 8.06. The van der Waals surface area contributed by atoms with Crippen LogP contribution in [-0.2, 0) is 23.5 Å². The fourth-order valence-corrected chi connectivity index (χ4v) is 4.37. The summed E-state index contributed by atoms with van der Waals surface area (Å²) in [6.07, 6.45) is 0.931. The van der Waals surface area contributed by atoms with Gasteiger partial charge in [0.2, 0.25) is 11.8 Å². The molecule has 0 radical (unpaired) electrons. The number of carbonyl (C=O) groups excluding carboxylic acids is 1. The molecule has 0 N–H and O–H groups in total. The number of aromatic nitrogens is 1. The summed E-state index contributed by atoms with van der Waals surface area (Å²) in [4.78, 5) is 19.2. The van der Waals surface area contributed by atoms with Crippen molar-refractivity contribution in [1.82, 2.24) is 9.88 Å². The van der Waals surface area contributed by atoms with E-state index in [1.165, 1.54) is 11.1 Å². The number of methoxy groups -OCH3 is 1. The van der Waals surface area contributed by atoms with E-state index in [0.717, 1.165) is 35.7 Å². The Kier molecular flexibility index (Phi) is 5.90. The number of carbonyl (C=O) groups is 1. The molecule has 3 aromatic rings. The second kappa shape index (κ2) is 8.74. The standard InChI is InChI=1S/C23H24N2O3S/c1-16-21(24-23(28-16)18-7-9-20(27-2)10-8-18)14-29-15-22(26)25-12-11-17-5-3-4-6-19(17)13-25/h3-10H,11-15H2,1-2H3. The Morgan fingerprint density at radius 1 is 1.17 bits per heavy atom. The highest BCUT2D eigenvalue weighted by Gasteiger charge is 2.20. The van der Waals surface area contributed by atoms with Crippen LogP contribution in [0.4, 0.5) is 0 Å². The van der Waals surface area contributed by atoms with Crippen LogP contribution in [-0.4, -0.2) is 35.2 Å². The maximum Gasteiger partial charge on any atom is 0.232 e. The molecule has 0 saturated heterocycles. The van der Waals surface area contributed by atoms with Crippen LogP contribution in [0.3, 0.4) is 0 Å². The van der Waals surface area contributed by atoms with Crippen LogP contribution in [0.15, 0.2) is 52.9 Å². The quantitative estimate of drug-likeness (QED) is 0.602. The Morgan fingerprint density at radius 3 is 2.69 bits per heavy atom. The molecule has 1 amide bonds. The summed E-state index contributed by atoms with van der Waals surface area (Å²) in [6.45, 7) is 3.42. The van der Waals surface area contributed by atoms with Crippen molar-refractivity contribution in [3.05, 3.63) is 71.1 Å². The lowest BCUT2D eigenvalue weighted by molar-refractivity contribution is -0.129. The first kappa shape index (κ1) is 19.6. The van der Waals surface area contributed by atoms with E-state index >= 15 is 0 Å². The van der Waals surface area contributed by atoms with Gasteiger partial charge < -0.3 is 14.1 Å². The number of aryl methyl sites for hydroxylation is 1. The minimum absolute atomic E-state index is 0.182. The van der Waals surface area contributed by atoms with Gasteiger partial charge in [-0.1, -0.05) is 24.3 Å². The number of nitrogens with zero attached hydrogens (tertiary/aromatic N) is 2. The lowest BCUT2D eigenvalue weighted by Crippen LogP contribution is -2.37. The zero-order valence-corrected chi connectivity index (χ0v) is 17.5. The van der Waals surface area contributed by atoms with Crippen LogP contribution < -0.4 is 4.74 Å². The van der Waals surface area contributed by atoms with Gasteiger partial charge in [-0.3, -0.25) is 4.79 Å². The molecular weight excluding hydrogens is 384 g/mol. The molecule has 6 heteroatoms. The molecule has 2 aromatic carbocycles. The molecule has 29 heavy (non-hydrogen) atoms. The second-order valence-electron chi connectivity index (χ2n) is 7.08. The van der Waals surface area contributed by atoms with E-state index in [9.17, 15) is 4.79 Å². The van der Waals surface area contributed by atoms with Gasteiger partial charge >= 0.3 is 0 Å². The first-order chi connectivity index (χ1) is 14.1. The largest absolute Gasteiger partial charge is 0.497 e. The minimum atomic E-state index is 0.182. The Bertz CT molecular complexity index is 998.